The first kappa shape index (κ1) is 21.8. The highest BCUT2D eigenvalue weighted by molar-refractivity contribution is 5.99. The van der Waals surface area contributed by atoms with Crippen LogP contribution in [0, 0.1) is 0 Å². The highest BCUT2D eigenvalue weighted by Gasteiger charge is 2.58. The zero-order chi connectivity index (χ0) is 22.5. The summed E-state index contributed by atoms with van der Waals surface area (Å²) in [6.45, 7) is 1.56. The van der Waals surface area contributed by atoms with Crippen molar-refractivity contribution in [2.45, 2.75) is 24.3 Å². The van der Waals surface area contributed by atoms with E-state index in [0.717, 1.165) is 0 Å². The molecule has 3 aromatic rings. The Kier molecular flexibility index (Phi) is 6.20. The predicted molar refractivity (Wildman–Crippen MR) is 116 cm³/mol. The van der Waals surface area contributed by atoms with E-state index in [-0.39, 0.29) is 11.1 Å². The van der Waals surface area contributed by atoms with Gasteiger partial charge < -0.3 is 15.5 Å². The van der Waals surface area contributed by atoms with Gasteiger partial charge in [-0.2, -0.15) is 0 Å². The van der Waals surface area contributed by atoms with Crippen LogP contribution in [0.2, 0.25) is 0 Å². The van der Waals surface area contributed by atoms with Gasteiger partial charge in [-0.05, 0) is 23.3 Å². The summed E-state index contributed by atoms with van der Waals surface area (Å²) in [4.78, 5) is 38.1. The normalized spacial score (nSPS) is 14.6. The summed E-state index contributed by atoms with van der Waals surface area (Å²) < 4.78 is 0. The van der Waals surface area contributed by atoms with E-state index in [1.54, 1.807) is 97.9 Å². The number of carboxylic acid groups (broad SMARTS) is 2. The predicted octanol–water partition coefficient (Wildman–Crippen LogP) is 3.83. The summed E-state index contributed by atoms with van der Waals surface area (Å²) in [5, 5.41) is 23.0. The number of hydrogen-bond donors (Lipinski definition) is 3. The largest absolute Gasteiger partial charge is 0.481 e. The number of aliphatic carboxylic acids is 2. The summed E-state index contributed by atoms with van der Waals surface area (Å²) in [6, 6.07) is 25.0. The molecule has 6 nitrogen and oxygen atoms in total. The quantitative estimate of drug-likeness (QED) is 0.517. The number of nitrogens with one attached hydrogen (secondary N) is 1. The standard InChI is InChI=1S/C25H23NO5/c1-24(17-21(27)28,19-13-7-3-8-14-19)25(23(30)31,20-15-9-4-10-16-20)26-22(29)18-11-5-2-6-12-18/h2-16H,17H2,1H3,(H,26,29)(H,27,28)(H,30,31). The van der Waals surface area contributed by atoms with E-state index < -0.39 is 35.2 Å². The lowest BCUT2D eigenvalue weighted by atomic mass is 9.61. The van der Waals surface area contributed by atoms with Crippen LogP contribution in [0.1, 0.15) is 34.8 Å². The maximum Gasteiger partial charge on any atom is 0.335 e. The van der Waals surface area contributed by atoms with Crippen molar-refractivity contribution in [3.8, 4) is 0 Å². The highest BCUT2D eigenvalue weighted by Crippen LogP contribution is 2.45. The van der Waals surface area contributed by atoms with Crippen LogP contribution in [0.4, 0.5) is 0 Å². The van der Waals surface area contributed by atoms with Crippen LogP contribution in [0.3, 0.4) is 0 Å². The maximum absolute atomic E-state index is 13.2. The molecule has 158 valence electrons. The van der Waals surface area contributed by atoms with Crippen LogP contribution in [-0.2, 0) is 20.5 Å². The second-order valence-corrected chi connectivity index (χ2v) is 7.51. The Morgan fingerprint density at radius 1 is 0.742 bits per heavy atom. The van der Waals surface area contributed by atoms with E-state index in [2.05, 4.69) is 5.32 Å². The van der Waals surface area contributed by atoms with Crippen LogP contribution in [0.25, 0.3) is 0 Å². The number of carboxylic acids is 2. The van der Waals surface area contributed by atoms with Gasteiger partial charge in [0.15, 0.2) is 5.54 Å². The topological polar surface area (TPSA) is 104 Å². The van der Waals surface area contributed by atoms with Gasteiger partial charge in [0.05, 0.1) is 6.42 Å². The summed E-state index contributed by atoms with van der Waals surface area (Å²) in [6.07, 6.45) is -0.521. The van der Waals surface area contributed by atoms with Gasteiger partial charge in [0.2, 0.25) is 0 Å². The lowest BCUT2D eigenvalue weighted by molar-refractivity contribution is -0.150. The second kappa shape index (κ2) is 8.83. The van der Waals surface area contributed by atoms with E-state index in [1.807, 2.05) is 0 Å². The minimum atomic E-state index is -2.05. The first-order valence-electron chi connectivity index (χ1n) is 9.75. The first-order chi connectivity index (χ1) is 14.8. The molecular weight excluding hydrogens is 394 g/mol. The number of carbonyl (C=O) groups excluding carboxylic acids is 1. The van der Waals surface area contributed by atoms with Crippen LogP contribution < -0.4 is 5.32 Å². The number of benzene rings is 3. The molecular formula is C25H23NO5. The lowest BCUT2D eigenvalue weighted by Crippen LogP contribution is -2.64. The molecule has 0 aromatic heterocycles. The third-order valence-electron chi connectivity index (χ3n) is 5.61. The first-order valence-corrected chi connectivity index (χ1v) is 9.75. The van der Waals surface area contributed by atoms with Crippen molar-refractivity contribution >= 4 is 17.8 Å². The average molecular weight is 417 g/mol. The summed E-state index contributed by atoms with van der Waals surface area (Å²) in [5.74, 6) is -3.14. The molecule has 2 unspecified atom stereocenters. The molecule has 0 spiro atoms. The molecule has 31 heavy (non-hydrogen) atoms. The number of rotatable bonds is 8. The SMILES string of the molecule is CC(CC(=O)O)(c1ccccc1)C(NC(=O)c1ccccc1)(C(=O)O)c1ccccc1. The van der Waals surface area contributed by atoms with Gasteiger partial charge in [0.25, 0.3) is 5.91 Å². The molecule has 3 N–H and O–H groups in total. The molecule has 0 aliphatic rings. The van der Waals surface area contributed by atoms with Crippen molar-refractivity contribution in [1.82, 2.24) is 5.32 Å². The van der Waals surface area contributed by atoms with Crippen molar-refractivity contribution in [1.29, 1.82) is 0 Å². The molecule has 1 amide bonds. The minimum absolute atomic E-state index is 0.273. The Labute approximate surface area is 180 Å². The zero-order valence-electron chi connectivity index (χ0n) is 17.0. The van der Waals surface area contributed by atoms with Gasteiger partial charge in [-0.3, -0.25) is 9.59 Å². The summed E-state index contributed by atoms with van der Waals surface area (Å²) in [7, 11) is 0. The van der Waals surface area contributed by atoms with Crippen LogP contribution in [0.5, 0.6) is 0 Å². The Morgan fingerprint density at radius 2 is 1.19 bits per heavy atom. The minimum Gasteiger partial charge on any atom is -0.481 e. The highest BCUT2D eigenvalue weighted by atomic mass is 16.4. The Bertz CT molecular complexity index is 1070. The fraction of sp³-hybridized carbons (Fsp3) is 0.160. The van der Waals surface area contributed by atoms with Crippen LogP contribution >= 0.6 is 0 Å². The monoisotopic (exact) mass is 417 g/mol. The van der Waals surface area contributed by atoms with Crippen molar-refractivity contribution in [2.24, 2.45) is 0 Å². The summed E-state index contributed by atoms with van der Waals surface area (Å²) in [5.41, 5.74) is -2.54. The molecule has 6 heteroatoms. The summed E-state index contributed by atoms with van der Waals surface area (Å²) >= 11 is 0. The van der Waals surface area contributed by atoms with Crippen molar-refractivity contribution in [3.05, 3.63) is 108 Å². The molecule has 0 aliphatic carbocycles. The molecule has 0 radical (unpaired) electrons. The molecule has 3 aromatic carbocycles. The number of hydrogen-bond acceptors (Lipinski definition) is 3. The number of amides is 1. The van der Waals surface area contributed by atoms with E-state index in [1.165, 1.54) is 0 Å². The Balaban J connectivity index is 2.31. The fourth-order valence-electron chi connectivity index (χ4n) is 4.02. The second-order valence-electron chi connectivity index (χ2n) is 7.51. The molecule has 3 rings (SSSR count). The molecule has 2 atom stereocenters. The Morgan fingerprint density at radius 3 is 1.65 bits per heavy atom. The van der Waals surface area contributed by atoms with Crippen LogP contribution in [0.15, 0.2) is 91.0 Å². The van der Waals surface area contributed by atoms with E-state index >= 15 is 0 Å². The average Bonchev–Trinajstić information content (AvgIpc) is 2.78. The van der Waals surface area contributed by atoms with Gasteiger partial charge in [0.1, 0.15) is 0 Å². The molecule has 0 heterocycles. The number of carbonyl (C=O) groups is 3. The van der Waals surface area contributed by atoms with E-state index in [9.17, 15) is 24.6 Å². The van der Waals surface area contributed by atoms with Gasteiger partial charge in [-0.1, -0.05) is 85.8 Å². The molecule has 0 saturated heterocycles. The van der Waals surface area contributed by atoms with Crippen LogP contribution in [-0.4, -0.2) is 28.1 Å². The molecule has 0 bridgehead atoms. The maximum atomic E-state index is 13.2. The van der Waals surface area contributed by atoms with Gasteiger partial charge in [-0.15, -0.1) is 0 Å². The molecule has 0 fully saturated rings. The molecule has 0 saturated carbocycles. The van der Waals surface area contributed by atoms with Gasteiger partial charge >= 0.3 is 11.9 Å². The van der Waals surface area contributed by atoms with Crippen molar-refractivity contribution in [3.63, 3.8) is 0 Å². The third kappa shape index (κ3) is 4.05. The lowest BCUT2D eigenvalue weighted by Gasteiger charge is -2.46. The van der Waals surface area contributed by atoms with Crippen molar-refractivity contribution in [2.75, 3.05) is 0 Å². The molecule has 0 aliphatic heterocycles. The Hall–Kier alpha value is -3.93. The third-order valence-corrected chi connectivity index (χ3v) is 5.61. The van der Waals surface area contributed by atoms with Gasteiger partial charge in [0, 0.05) is 11.0 Å². The van der Waals surface area contributed by atoms with Gasteiger partial charge in [-0.25, -0.2) is 4.79 Å². The fourth-order valence-corrected chi connectivity index (χ4v) is 4.02. The van der Waals surface area contributed by atoms with Crippen molar-refractivity contribution < 1.29 is 24.6 Å². The zero-order valence-corrected chi connectivity index (χ0v) is 17.0. The smallest absolute Gasteiger partial charge is 0.335 e. The van der Waals surface area contributed by atoms with E-state index in [4.69, 9.17) is 0 Å². The van der Waals surface area contributed by atoms with E-state index in [0.29, 0.717) is 5.56 Å².